The van der Waals surface area contributed by atoms with Gasteiger partial charge in [-0.25, -0.2) is 18.7 Å². The molecule has 0 saturated carbocycles. The normalized spacial score (nSPS) is 11.9. The number of benzene rings is 2. The van der Waals surface area contributed by atoms with E-state index in [1.165, 1.54) is 18.3 Å². The van der Waals surface area contributed by atoms with Gasteiger partial charge < -0.3 is 5.32 Å². The van der Waals surface area contributed by atoms with Crippen LogP contribution in [0.4, 0.5) is 14.6 Å². The van der Waals surface area contributed by atoms with Crippen LogP contribution < -0.4 is 5.32 Å². The highest BCUT2D eigenvalue weighted by Gasteiger charge is 2.12. The number of anilines is 1. The summed E-state index contributed by atoms with van der Waals surface area (Å²) < 4.78 is 28.7. The minimum Gasteiger partial charge on any atom is -0.362 e. The number of halogens is 2. The molecular weight excluding hydrogens is 362 g/mol. The molecule has 0 spiro atoms. The number of nitrogens with zero attached hydrogens (tertiary/aromatic N) is 5. The molecule has 0 fully saturated rings. The molecule has 0 saturated heterocycles. The van der Waals surface area contributed by atoms with Gasteiger partial charge in [0.15, 0.2) is 5.82 Å². The lowest BCUT2D eigenvalue weighted by molar-refractivity contribution is 0.577. The summed E-state index contributed by atoms with van der Waals surface area (Å²) >= 11 is 0. The Morgan fingerprint density at radius 3 is 2.64 bits per heavy atom. The van der Waals surface area contributed by atoms with Crippen LogP contribution in [0, 0.1) is 23.0 Å². The zero-order chi connectivity index (χ0) is 19.7. The van der Waals surface area contributed by atoms with Gasteiger partial charge in [-0.3, -0.25) is 9.55 Å². The van der Waals surface area contributed by atoms with E-state index in [-0.39, 0.29) is 6.04 Å². The Morgan fingerprint density at radius 2 is 1.89 bits per heavy atom. The standard InChI is InChI=1S/C20H14F2N6/c1-12(14-5-15(21)7-16(22)6-14)26-19-9-24-10-20(27-19)28-11-25-17-4-13(8-23)2-3-18(17)28/h2-7,9-12H,1H3,(H,26,27). The average molecular weight is 376 g/mol. The van der Waals surface area contributed by atoms with Gasteiger partial charge in [0.1, 0.15) is 23.8 Å². The smallest absolute Gasteiger partial charge is 0.159 e. The van der Waals surface area contributed by atoms with Crippen LogP contribution in [0.25, 0.3) is 16.9 Å². The van der Waals surface area contributed by atoms with Crippen LogP contribution >= 0.6 is 0 Å². The molecule has 4 aromatic rings. The predicted octanol–water partition coefficient (Wildman–Crippen LogP) is 4.14. The SMILES string of the molecule is CC(Nc1cncc(-n2cnc3cc(C#N)ccc32)n1)c1cc(F)cc(F)c1. The fourth-order valence-corrected chi connectivity index (χ4v) is 2.94. The summed E-state index contributed by atoms with van der Waals surface area (Å²) in [5.41, 5.74) is 2.44. The number of nitriles is 1. The van der Waals surface area contributed by atoms with Crippen LogP contribution in [0.15, 0.2) is 55.1 Å². The maximum Gasteiger partial charge on any atom is 0.159 e. The summed E-state index contributed by atoms with van der Waals surface area (Å²) in [4.78, 5) is 13.0. The fraction of sp³-hybridized carbons (Fsp3) is 0.100. The third-order valence-electron chi connectivity index (χ3n) is 4.29. The summed E-state index contributed by atoms with van der Waals surface area (Å²) in [5.74, 6) is -0.296. The van der Waals surface area contributed by atoms with Crippen LogP contribution in [0.1, 0.15) is 24.1 Å². The van der Waals surface area contributed by atoms with Crippen molar-refractivity contribution in [2.75, 3.05) is 5.32 Å². The van der Waals surface area contributed by atoms with Gasteiger partial charge in [-0.15, -0.1) is 0 Å². The van der Waals surface area contributed by atoms with Gasteiger partial charge in [-0.05, 0) is 42.8 Å². The predicted molar refractivity (Wildman–Crippen MR) is 99.8 cm³/mol. The third-order valence-corrected chi connectivity index (χ3v) is 4.29. The lowest BCUT2D eigenvalue weighted by atomic mass is 10.1. The molecule has 0 aliphatic rings. The van der Waals surface area contributed by atoms with Gasteiger partial charge in [0, 0.05) is 6.07 Å². The Kier molecular flexibility index (Phi) is 4.41. The first-order valence-electron chi connectivity index (χ1n) is 8.45. The van der Waals surface area contributed by atoms with E-state index in [2.05, 4.69) is 26.3 Å². The van der Waals surface area contributed by atoms with Gasteiger partial charge in [0.05, 0.1) is 41.1 Å². The Morgan fingerprint density at radius 1 is 1.11 bits per heavy atom. The summed E-state index contributed by atoms with van der Waals surface area (Å²) in [6, 6.07) is 10.3. The van der Waals surface area contributed by atoms with Gasteiger partial charge in [0.2, 0.25) is 0 Å². The number of fused-ring (bicyclic) bond motifs is 1. The molecular formula is C20H14F2N6. The molecule has 2 aromatic heterocycles. The van der Waals surface area contributed by atoms with E-state index < -0.39 is 11.6 Å². The van der Waals surface area contributed by atoms with Crippen molar-refractivity contribution in [1.82, 2.24) is 19.5 Å². The zero-order valence-electron chi connectivity index (χ0n) is 14.8. The minimum absolute atomic E-state index is 0.382. The molecule has 0 aliphatic carbocycles. The second-order valence-corrected chi connectivity index (χ2v) is 6.26. The highest BCUT2D eigenvalue weighted by Crippen LogP contribution is 2.22. The molecule has 4 rings (SSSR count). The van der Waals surface area contributed by atoms with Gasteiger partial charge in [0.25, 0.3) is 0 Å². The number of hydrogen-bond acceptors (Lipinski definition) is 5. The maximum atomic E-state index is 13.5. The lowest BCUT2D eigenvalue weighted by Crippen LogP contribution is -2.10. The van der Waals surface area contributed by atoms with Gasteiger partial charge in [-0.1, -0.05) is 0 Å². The fourth-order valence-electron chi connectivity index (χ4n) is 2.94. The lowest BCUT2D eigenvalue weighted by Gasteiger charge is -2.15. The van der Waals surface area contributed by atoms with E-state index in [9.17, 15) is 8.78 Å². The molecule has 1 atom stereocenters. The highest BCUT2D eigenvalue weighted by molar-refractivity contribution is 5.78. The Bertz CT molecular complexity index is 1190. The van der Waals surface area contributed by atoms with Crippen LogP contribution in [-0.4, -0.2) is 19.5 Å². The molecule has 1 unspecified atom stereocenters. The molecule has 2 aromatic carbocycles. The monoisotopic (exact) mass is 376 g/mol. The molecule has 0 amide bonds. The number of rotatable bonds is 4. The van der Waals surface area contributed by atoms with Crippen LogP contribution in [0.2, 0.25) is 0 Å². The first kappa shape index (κ1) is 17.5. The first-order valence-corrected chi connectivity index (χ1v) is 8.45. The average Bonchev–Trinajstić information content (AvgIpc) is 3.10. The number of nitrogens with one attached hydrogen (secondary N) is 1. The second-order valence-electron chi connectivity index (χ2n) is 6.26. The summed E-state index contributed by atoms with van der Waals surface area (Å²) in [5, 5.41) is 12.1. The molecule has 1 N–H and O–H groups in total. The van der Waals surface area contributed by atoms with Gasteiger partial charge in [-0.2, -0.15) is 5.26 Å². The molecule has 0 aliphatic heterocycles. The van der Waals surface area contributed by atoms with Crippen molar-refractivity contribution in [2.45, 2.75) is 13.0 Å². The molecule has 8 heteroatoms. The van der Waals surface area contributed by atoms with Crippen molar-refractivity contribution >= 4 is 16.9 Å². The number of aromatic nitrogens is 4. The molecule has 0 radical (unpaired) electrons. The maximum absolute atomic E-state index is 13.5. The molecule has 28 heavy (non-hydrogen) atoms. The van der Waals surface area contributed by atoms with E-state index >= 15 is 0 Å². The Balaban J connectivity index is 1.64. The largest absolute Gasteiger partial charge is 0.362 e. The summed E-state index contributed by atoms with van der Waals surface area (Å²) in [6.07, 6.45) is 4.71. The van der Waals surface area contributed by atoms with E-state index in [1.54, 1.807) is 42.2 Å². The number of hydrogen-bond donors (Lipinski definition) is 1. The number of imidazole rings is 1. The summed E-state index contributed by atoms with van der Waals surface area (Å²) in [7, 11) is 0. The first-order chi connectivity index (χ1) is 13.5. The van der Waals surface area contributed by atoms with Crippen molar-refractivity contribution in [3.63, 3.8) is 0 Å². The van der Waals surface area contributed by atoms with Crippen molar-refractivity contribution in [3.8, 4) is 11.9 Å². The highest BCUT2D eigenvalue weighted by atomic mass is 19.1. The third kappa shape index (κ3) is 3.38. The van der Waals surface area contributed by atoms with E-state index in [0.29, 0.717) is 28.3 Å². The van der Waals surface area contributed by atoms with Gasteiger partial charge >= 0.3 is 0 Å². The van der Waals surface area contributed by atoms with Crippen LogP contribution in [-0.2, 0) is 0 Å². The van der Waals surface area contributed by atoms with Crippen LogP contribution in [0.5, 0.6) is 0 Å². The Hall–Kier alpha value is -3.86. The van der Waals surface area contributed by atoms with Crippen LogP contribution in [0.3, 0.4) is 0 Å². The molecule has 0 bridgehead atoms. The van der Waals surface area contributed by atoms with Crippen molar-refractivity contribution in [2.24, 2.45) is 0 Å². The Labute approximate surface area is 159 Å². The zero-order valence-corrected chi connectivity index (χ0v) is 14.8. The summed E-state index contributed by atoms with van der Waals surface area (Å²) in [6.45, 7) is 1.78. The van der Waals surface area contributed by atoms with E-state index in [1.807, 2.05) is 0 Å². The van der Waals surface area contributed by atoms with Crippen molar-refractivity contribution in [3.05, 3.63) is 77.9 Å². The van der Waals surface area contributed by atoms with E-state index in [4.69, 9.17) is 5.26 Å². The molecule has 2 heterocycles. The van der Waals surface area contributed by atoms with E-state index in [0.717, 1.165) is 11.6 Å². The second kappa shape index (κ2) is 7.04. The quantitative estimate of drug-likeness (QED) is 0.579. The minimum atomic E-state index is -0.634. The topological polar surface area (TPSA) is 79.4 Å². The van der Waals surface area contributed by atoms with Crippen molar-refractivity contribution in [1.29, 1.82) is 5.26 Å². The molecule has 6 nitrogen and oxygen atoms in total. The molecule has 138 valence electrons. The van der Waals surface area contributed by atoms with Crippen molar-refractivity contribution < 1.29 is 8.78 Å².